The molecule has 0 heterocycles. The maximum absolute atomic E-state index is 12.8. The number of ether oxygens (including phenoxy) is 1. The van der Waals surface area contributed by atoms with E-state index in [2.05, 4.69) is 5.92 Å². The molecule has 2 heteroatoms. The van der Waals surface area contributed by atoms with Gasteiger partial charge in [0.15, 0.2) is 0 Å². The fourth-order valence-electron chi connectivity index (χ4n) is 1.54. The van der Waals surface area contributed by atoms with Crippen molar-refractivity contribution in [3.05, 3.63) is 30.1 Å². The van der Waals surface area contributed by atoms with Crippen LogP contribution in [-0.2, 0) is 0 Å². The maximum atomic E-state index is 12.8. The first-order valence-electron chi connectivity index (χ1n) is 5.10. The quantitative estimate of drug-likeness (QED) is 0.685. The summed E-state index contributed by atoms with van der Waals surface area (Å²) in [5, 5.41) is 0. The molecule has 0 saturated heterocycles. The molecule has 15 heavy (non-hydrogen) atoms. The van der Waals surface area contributed by atoms with E-state index >= 15 is 0 Å². The topological polar surface area (TPSA) is 9.23 Å². The van der Waals surface area contributed by atoms with E-state index < -0.39 is 0 Å². The van der Waals surface area contributed by atoms with E-state index in [1.54, 1.807) is 12.1 Å². The predicted octanol–water partition coefficient (Wildman–Crippen LogP) is 3.01. The van der Waals surface area contributed by atoms with Gasteiger partial charge < -0.3 is 4.74 Å². The zero-order chi connectivity index (χ0) is 10.7. The third-order valence-corrected chi connectivity index (χ3v) is 2.81. The molecule has 0 N–H and O–H groups in total. The van der Waals surface area contributed by atoms with Gasteiger partial charge in [-0.2, -0.15) is 0 Å². The molecule has 1 aliphatic rings. The first-order chi connectivity index (χ1) is 7.24. The highest BCUT2D eigenvalue weighted by Gasteiger charge is 2.40. The lowest BCUT2D eigenvalue weighted by molar-refractivity contribution is 0.288. The number of rotatable bonds is 4. The summed E-state index contributed by atoms with van der Waals surface area (Å²) in [6.45, 7) is 0.563. The van der Waals surface area contributed by atoms with Gasteiger partial charge in [0.05, 0.1) is 6.61 Å². The Labute approximate surface area is 89.3 Å². The second-order valence-electron chi connectivity index (χ2n) is 3.98. The zero-order valence-corrected chi connectivity index (χ0v) is 8.50. The molecule has 0 aromatic heterocycles. The molecule has 2 rings (SSSR count). The predicted molar refractivity (Wildman–Crippen MR) is 57.0 cm³/mol. The van der Waals surface area contributed by atoms with Crippen LogP contribution in [0, 0.1) is 23.6 Å². The fraction of sp³-hybridized carbons (Fsp3) is 0.385. The van der Waals surface area contributed by atoms with Gasteiger partial charge in [0.2, 0.25) is 0 Å². The average molecular weight is 204 g/mol. The molecule has 1 nitrogen and oxygen atoms in total. The Hall–Kier alpha value is -1.49. The highest BCUT2D eigenvalue weighted by atomic mass is 19.1. The Balaban J connectivity index is 1.82. The second-order valence-corrected chi connectivity index (χ2v) is 3.98. The minimum Gasteiger partial charge on any atom is -0.493 e. The van der Waals surface area contributed by atoms with Crippen LogP contribution in [-0.4, -0.2) is 6.61 Å². The number of benzene rings is 1. The number of halogens is 1. The first kappa shape index (κ1) is 10.0. The molecule has 0 aliphatic heterocycles. The SMILES string of the molecule is C#CC1(CCOc2cccc(F)c2)CC1. The molecule has 0 amide bonds. The zero-order valence-electron chi connectivity index (χ0n) is 8.50. The van der Waals surface area contributed by atoms with Crippen molar-refractivity contribution in [1.29, 1.82) is 0 Å². The van der Waals surface area contributed by atoms with Crippen molar-refractivity contribution in [2.24, 2.45) is 5.41 Å². The Bertz CT molecular complexity index is 388. The molecule has 0 radical (unpaired) electrons. The van der Waals surface area contributed by atoms with E-state index in [4.69, 9.17) is 11.2 Å². The van der Waals surface area contributed by atoms with Crippen molar-refractivity contribution in [2.45, 2.75) is 19.3 Å². The number of hydrogen-bond donors (Lipinski definition) is 0. The summed E-state index contributed by atoms with van der Waals surface area (Å²) in [4.78, 5) is 0. The van der Waals surface area contributed by atoms with Gasteiger partial charge in [-0.15, -0.1) is 6.42 Å². The maximum Gasteiger partial charge on any atom is 0.126 e. The molecule has 0 bridgehead atoms. The summed E-state index contributed by atoms with van der Waals surface area (Å²) in [7, 11) is 0. The highest BCUT2D eigenvalue weighted by Crippen LogP contribution is 2.47. The second kappa shape index (κ2) is 3.94. The smallest absolute Gasteiger partial charge is 0.126 e. The van der Waals surface area contributed by atoms with Gasteiger partial charge in [0, 0.05) is 11.5 Å². The van der Waals surface area contributed by atoms with Crippen molar-refractivity contribution >= 4 is 0 Å². The molecule has 1 aliphatic carbocycles. The molecule has 1 aromatic rings. The summed E-state index contributed by atoms with van der Waals surface area (Å²) in [6, 6.07) is 6.17. The van der Waals surface area contributed by atoms with E-state index in [1.807, 2.05) is 0 Å². The van der Waals surface area contributed by atoms with Crippen LogP contribution in [0.1, 0.15) is 19.3 Å². The van der Waals surface area contributed by atoms with Crippen molar-refractivity contribution in [3.63, 3.8) is 0 Å². The summed E-state index contributed by atoms with van der Waals surface area (Å²) in [5.74, 6) is 3.10. The Morgan fingerprint density at radius 2 is 2.27 bits per heavy atom. The molecule has 0 spiro atoms. The van der Waals surface area contributed by atoms with Gasteiger partial charge in [-0.1, -0.05) is 12.0 Å². The monoisotopic (exact) mass is 204 g/mol. The fourth-order valence-corrected chi connectivity index (χ4v) is 1.54. The van der Waals surface area contributed by atoms with Crippen molar-refractivity contribution < 1.29 is 9.13 Å². The standard InChI is InChI=1S/C13H13FO/c1-2-13(6-7-13)8-9-15-12-5-3-4-11(14)10-12/h1,3-5,10H,6-9H2. The van der Waals surface area contributed by atoms with Crippen LogP contribution < -0.4 is 4.74 Å². The summed E-state index contributed by atoms with van der Waals surface area (Å²) >= 11 is 0. The molecule has 1 fully saturated rings. The van der Waals surface area contributed by atoms with Gasteiger partial charge in [-0.25, -0.2) is 4.39 Å². The van der Waals surface area contributed by atoms with Crippen molar-refractivity contribution in [1.82, 2.24) is 0 Å². The van der Waals surface area contributed by atoms with Crippen molar-refractivity contribution in [2.75, 3.05) is 6.61 Å². The molecule has 78 valence electrons. The Kier molecular flexibility index (Phi) is 2.64. The largest absolute Gasteiger partial charge is 0.493 e. The van der Waals surface area contributed by atoms with Gasteiger partial charge in [-0.3, -0.25) is 0 Å². The van der Waals surface area contributed by atoms with E-state index in [9.17, 15) is 4.39 Å². The van der Waals surface area contributed by atoms with Gasteiger partial charge in [0.25, 0.3) is 0 Å². The van der Waals surface area contributed by atoms with Crippen molar-refractivity contribution in [3.8, 4) is 18.1 Å². The minimum absolute atomic E-state index is 0.0767. The molecular formula is C13H13FO. The van der Waals surface area contributed by atoms with Gasteiger partial charge in [0.1, 0.15) is 11.6 Å². The molecule has 1 saturated carbocycles. The van der Waals surface area contributed by atoms with Crippen LogP contribution in [0.25, 0.3) is 0 Å². The van der Waals surface area contributed by atoms with Crippen LogP contribution in [0.3, 0.4) is 0 Å². The van der Waals surface area contributed by atoms with Crippen LogP contribution in [0.5, 0.6) is 5.75 Å². The summed E-state index contributed by atoms with van der Waals surface area (Å²) < 4.78 is 18.2. The molecule has 1 aromatic carbocycles. The molecule has 0 unspecified atom stereocenters. The molecule has 0 atom stereocenters. The van der Waals surface area contributed by atoms with Gasteiger partial charge >= 0.3 is 0 Å². The van der Waals surface area contributed by atoms with Crippen LogP contribution in [0.2, 0.25) is 0 Å². The van der Waals surface area contributed by atoms with Crippen LogP contribution in [0.4, 0.5) is 4.39 Å². The van der Waals surface area contributed by atoms with Crippen LogP contribution >= 0.6 is 0 Å². The Morgan fingerprint density at radius 1 is 1.47 bits per heavy atom. The number of terminal acetylenes is 1. The lowest BCUT2D eigenvalue weighted by atomic mass is 10.1. The van der Waals surface area contributed by atoms with E-state index in [1.165, 1.54) is 12.1 Å². The number of hydrogen-bond acceptors (Lipinski definition) is 1. The normalized spacial score (nSPS) is 16.8. The summed E-state index contributed by atoms with van der Waals surface area (Å²) in [6.07, 6.45) is 8.45. The first-order valence-corrected chi connectivity index (χ1v) is 5.10. The Morgan fingerprint density at radius 3 is 2.87 bits per heavy atom. The van der Waals surface area contributed by atoms with E-state index in [0.717, 1.165) is 19.3 Å². The third kappa shape index (κ3) is 2.50. The summed E-state index contributed by atoms with van der Waals surface area (Å²) in [5.41, 5.74) is 0.0767. The average Bonchev–Trinajstić information content (AvgIpc) is 2.99. The minimum atomic E-state index is -0.273. The van der Waals surface area contributed by atoms with Crippen LogP contribution in [0.15, 0.2) is 24.3 Å². The van der Waals surface area contributed by atoms with Gasteiger partial charge in [-0.05, 0) is 31.4 Å². The highest BCUT2D eigenvalue weighted by molar-refractivity contribution is 5.22. The third-order valence-electron chi connectivity index (χ3n) is 2.81. The van der Waals surface area contributed by atoms with E-state index in [0.29, 0.717) is 12.4 Å². The molecular weight excluding hydrogens is 191 g/mol. The lowest BCUT2D eigenvalue weighted by Crippen LogP contribution is -2.05. The van der Waals surface area contributed by atoms with E-state index in [-0.39, 0.29) is 11.2 Å². The lowest BCUT2D eigenvalue weighted by Gasteiger charge is -2.09.